The maximum Gasteiger partial charge on any atom is 0.234 e. The highest BCUT2D eigenvalue weighted by Crippen LogP contribution is 2.40. The number of pyridine rings is 1. The average molecular weight is 387 g/mol. The molecule has 1 aliphatic heterocycles. The van der Waals surface area contributed by atoms with Crippen LogP contribution in [0.15, 0.2) is 54.9 Å². The number of benzene rings is 1. The number of hydrogen-bond acceptors (Lipinski definition) is 4. The Labute approximate surface area is 167 Å². The van der Waals surface area contributed by atoms with E-state index in [-0.39, 0.29) is 30.4 Å². The summed E-state index contributed by atoms with van der Waals surface area (Å²) >= 11 is 0. The van der Waals surface area contributed by atoms with Crippen LogP contribution in [-0.2, 0) is 4.79 Å². The highest BCUT2D eigenvalue weighted by atomic mass is 35.5. The minimum atomic E-state index is 0. The smallest absolute Gasteiger partial charge is 0.234 e. The molecule has 1 aliphatic carbocycles. The molecular formula is C21H27ClN4O. The zero-order valence-electron chi connectivity index (χ0n) is 15.4. The summed E-state index contributed by atoms with van der Waals surface area (Å²) < 4.78 is 0. The van der Waals surface area contributed by atoms with Gasteiger partial charge in [0.15, 0.2) is 0 Å². The monoisotopic (exact) mass is 386 g/mol. The van der Waals surface area contributed by atoms with Crippen molar-refractivity contribution in [3.05, 3.63) is 66.0 Å². The van der Waals surface area contributed by atoms with Gasteiger partial charge in [0.05, 0.1) is 12.6 Å². The van der Waals surface area contributed by atoms with E-state index in [4.69, 9.17) is 0 Å². The molecule has 27 heavy (non-hydrogen) atoms. The summed E-state index contributed by atoms with van der Waals surface area (Å²) in [6.07, 6.45) is 6.09. The molecule has 4 rings (SSSR count). The lowest BCUT2D eigenvalue weighted by molar-refractivity contribution is -0.124. The normalized spacial score (nSPS) is 21.1. The summed E-state index contributed by atoms with van der Waals surface area (Å²) in [6, 6.07) is 14.7. The molecule has 1 aromatic carbocycles. The van der Waals surface area contributed by atoms with Gasteiger partial charge in [-0.2, -0.15) is 0 Å². The highest BCUT2D eigenvalue weighted by Gasteiger charge is 2.34. The Hall–Kier alpha value is -1.95. The predicted octanol–water partition coefficient (Wildman–Crippen LogP) is 2.72. The van der Waals surface area contributed by atoms with Crippen molar-refractivity contribution in [1.82, 2.24) is 20.5 Å². The molecule has 2 atom stereocenters. The molecular weight excluding hydrogens is 360 g/mol. The Balaban J connectivity index is 0.00000210. The number of carbonyl (C=O) groups is 1. The first-order valence-corrected chi connectivity index (χ1v) is 9.50. The molecule has 2 aromatic rings. The van der Waals surface area contributed by atoms with Gasteiger partial charge >= 0.3 is 0 Å². The van der Waals surface area contributed by atoms with Crippen molar-refractivity contribution in [2.75, 3.05) is 26.2 Å². The largest absolute Gasteiger partial charge is 0.348 e. The van der Waals surface area contributed by atoms with Crippen molar-refractivity contribution in [3.63, 3.8) is 0 Å². The number of rotatable bonds is 6. The quantitative estimate of drug-likeness (QED) is 0.801. The highest BCUT2D eigenvalue weighted by molar-refractivity contribution is 5.85. The van der Waals surface area contributed by atoms with Gasteiger partial charge in [-0.3, -0.25) is 14.7 Å². The second kappa shape index (κ2) is 9.31. The van der Waals surface area contributed by atoms with E-state index in [1.807, 2.05) is 30.5 Å². The van der Waals surface area contributed by atoms with Gasteiger partial charge in [-0.15, -0.1) is 12.4 Å². The molecule has 6 heteroatoms. The van der Waals surface area contributed by atoms with Crippen LogP contribution in [0.1, 0.15) is 36.1 Å². The second-order valence-corrected chi connectivity index (χ2v) is 7.27. The van der Waals surface area contributed by atoms with Crippen LogP contribution in [0.5, 0.6) is 0 Å². The molecule has 2 aliphatic rings. The molecule has 1 saturated heterocycles. The summed E-state index contributed by atoms with van der Waals surface area (Å²) in [5.41, 5.74) is 2.38. The number of carbonyl (C=O) groups excluding carboxylic acids is 1. The molecule has 5 nitrogen and oxygen atoms in total. The number of piperazine rings is 1. The minimum absolute atomic E-state index is 0. The lowest BCUT2D eigenvalue weighted by atomic mass is 10.0. The molecule has 2 unspecified atom stereocenters. The fourth-order valence-corrected chi connectivity index (χ4v) is 3.80. The third kappa shape index (κ3) is 5.06. The summed E-state index contributed by atoms with van der Waals surface area (Å²) in [6.45, 7) is 3.06. The van der Waals surface area contributed by atoms with E-state index < -0.39 is 0 Å². The minimum Gasteiger partial charge on any atom is -0.348 e. The molecule has 0 spiro atoms. The van der Waals surface area contributed by atoms with Crippen LogP contribution in [0, 0.1) is 5.92 Å². The van der Waals surface area contributed by atoms with Gasteiger partial charge in [-0.25, -0.2) is 0 Å². The summed E-state index contributed by atoms with van der Waals surface area (Å²) in [5, 5.41) is 6.73. The van der Waals surface area contributed by atoms with E-state index in [1.54, 1.807) is 6.20 Å². The third-order valence-corrected chi connectivity index (χ3v) is 5.34. The van der Waals surface area contributed by atoms with E-state index in [0.717, 1.165) is 25.2 Å². The van der Waals surface area contributed by atoms with Crippen molar-refractivity contribution < 1.29 is 4.79 Å². The molecule has 1 amide bonds. The molecule has 0 bridgehead atoms. The number of hydrogen-bond donors (Lipinski definition) is 2. The number of halogens is 1. The third-order valence-electron chi connectivity index (χ3n) is 5.34. The first-order valence-electron chi connectivity index (χ1n) is 9.50. The Kier molecular flexibility index (Phi) is 6.83. The molecule has 1 saturated carbocycles. The van der Waals surface area contributed by atoms with Gasteiger partial charge in [0, 0.05) is 38.1 Å². The fourth-order valence-electron chi connectivity index (χ4n) is 3.80. The lowest BCUT2D eigenvalue weighted by Gasteiger charge is -2.36. The van der Waals surface area contributed by atoms with Crippen LogP contribution in [0.25, 0.3) is 0 Å². The van der Waals surface area contributed by atoms with E-state index in [1.165, 1.54) is 18.4 Å². The van der Waals surface area contributed by atoms with Crippen molar-refractivity contribution in [2.24, 2.45) is 5.92 Å². The average Bonchev–Trinajstić information content (AvgIpc) is 3.53. The maximum atomic E-state index is 12.8. The van der Waals surface area contributed by atoms with E-state index in [9.17, 15) is 4.79 Å². The second-order valence-electron chi connectivity index (χ2n) is 7.27. The van der Waals surface area contributed by atoms with Crippen LogP contribution < -0.4 is 10.6 Å². The van der Waals surface area contributed by atoms with E-state index in [2.05, 4.69) is 38.7 Å². The van der Waals surface area contributed by atoms with Gasteiger partial charge in [0.2, 0.25) is 5.91 Å². The number of nitrogens with zero attached hydrogens (tertiary/aromatic N) is 2. The zero-order valence-corrected chi connectivity index (χ0v) is 16.2. The Morgan fingerprint density at radius 2 is 2.04 bits per heavy atom. The van der Waals surface area contributed by atoms with Crippen molar-refractivity contribution >= 4 is 18.3 Å². The molecule has 144 valence electrons. The van der Waals surface area contributed by atoms with Gasteiger partial charge in [-0.05, 0) is 36.0 Å². The summed E-state index contributed by atoms with van der Waals surface area (Å²) in [7, 11) is 0. The Morgan fingerprint density at radius 1 is 1.22 bits per heavy atom. The van der Waals surface area contributed by atoms with Crippen LogP contribution >= 0.6 is 12.4 Å². The predicted molar refractivity (Wildman–Crippen MR) is 109 cm³/mol. The van der Waals surface area contributed by atoms with Crippen LogP contribution in [-0.4, -0.2) is 42.0 Å². The van der Waals surface area contributed by atoms with Crippen LogP contribution in [0.3, 0.4) is 0 Å². The standard InChI is InChI=1S/C21H26N4O.ClH/c26-20(24-21(17-8-9-17)16-5-2-1-3-6-16)15-25-12-11-23-14-19(25)18-7-4-10-22-13-18;/h1-7,10,13,17,19,21,23H,8-9,11-12,14-15H2,(H,24,26);1H. The molecule has 2 N–H and O–H groups in total. The molecule has 0 radical (unpaired) electrons. The fraction of sp³-hybridized carbons (Fsp3) is 0.429. The Morgan fingerprint density at radius 3 is 2.74 bits per heavy atom. The summed E-state index contributed by atoms with van der Waals surface area (Å²) in [5.74, 6) is 0.694. The topological polar surface area (TPSA) is 57.3 Å². The maximum absolute atomic E-state index is 12.8. The Bertz CT molecular complexity index is 723. The van der Waals surface area contributed by atoms with E-state index in [0.29, 0.717) is 12.5 Å². The molecule has 2 heterocycles. The zero-order chi connectivity index (χ0) is 17.8. The first kappa shape index (κ1) is 19.8. The van der Waals surface area contributed by atoms with Gasteiger partial charge in [-0.1, -0.05) is 36.4 Å². The van der Waals surface area contributed by atoms with Crippen molar-refractivity contribution in [1.29, 1.82) is 0 Å². The van der Waals surface area contributed by atoms with Crippen LogP contribution in [0.2, 0.25) is 0 Å². The number of amides is 1. The van der Waals surface area contributed by atoms with Gasteiger partial charge in [0.25, 0.3) is 0 Å². The number of aromatic nitrogens is 1. The number of nitrogens with one attached hydrogen (secondary N) is 2. The van der Waals surface area contributed by atoms with Gasteiger partial charge in [0.1, 0.15) is 0 Å². The molecule has 1 aromatic heterocycles. The van der Waals surface area contributed by atoms with Gasteiger partial charge < -0.3 is 10.6 Å². The van der Waals surface area contributed by atoms with E-state index >= 15 is 0 Å². The van der Waals surface area contributed by atoms with Crippen LogP contribution in [0.4, 0.5) is 0 Å². The van der Waals surface area contributed by atoms with Crippen molar-refractivity contribution in [2.45, 2.75) is 24.9 Å². The SMILES string of the molecule is Cl.O=C(CN1CCNCC1c1cccnc1)NC(c1ccccc1)C1CC1. The first-order chi connectivity index (χ1) is 12.8. The lowest BCUT2D eigenvalue weighted by Crippen LogP contribution is -2.50. The molecule has 2 fully saturated rings. The van der Waals surface area contributed by atoms with Crippen molar-refractivity contribution in [3.8, 4) is 0 Å². The summed E-state index contributed by atoms with van der Waals surface area (Å²) in [4.78, 5) is 19.3.